The molecule has 2 N–H and O–H groups in total. The summed E-state index contributed by atoms with van der Waals surface area (Å²) in [5, 5.41) is 0.408. The molecule has 0 spiro atoms. The van der Waals surface area contributed by atoms with E-state index in [1.165, 1.54) is 13.2 Å². The van der Waals surface area contributed by atoms with Crippen molar-refractivity contribution in [2.75, 3.05) is 7.11 Å². The highest BCUT2D eigenvalue weighted by molar-refractivity contribution is 6.31. The highest BCUT2D eigenvalue weighted by atomic mass is 35.5. The van der Waals surface area contributed by atoms with E-state index in [1.807, 2.05) is 37.3 Å². The number of rotatable bonds is 6. The lowest BCUT2D eigenvalue weighted by molar-refractivity contribution is -0.123. The van der Waals surface area contributed by atoms with Crippen LogP contribution in [0.4, 0.5) is 0 Å². The van der Waals surface area contributed by atoms with E-state index in [4.69, 9.17) is 16.3 Å². The Hall–Kier alpha value is -2.53. The van der Waals surface area contributed by atoms with Gasteiger partial charge in [0, 0.05) is 5.02 Å². The van der Waals surface area contributed by atoms with Crippen LogP contribution >= 0.6 is 11.6 Å². The first-order valence-electron chi connectivity index (χ1n) is 8.05. The molecule has 1 atom stereocenters. The van der Waals surface area contributed by atoms with Crippen LogP contribution in [0.15, 0.2) is 48.5 Å². The summed E-state index contributed by atoms with van der Waals surface area (Å²) in [4.78, 5) is 24.8. The number of benzene rings is 2. The third-order valence-corrected chi connectivity index (χ3v) is 4.04. The quantitative estimate of drug-likeness (QED) is 0.772. The Morgan fingerprint density at radius 2 is 1.84 bits per heavy atom. The van der Waals surface area contributed by atoms with Gasteiger partial charge in [-0.3, -0.25) is 20.4 Å². The van der Waals surface area contributed by atoms with Crippen molar-refractivity contribution in [3.63, 3.8) is 0 Å². The van der Waals surface area contributed by atoms with Crippen molar-refractivity contribution >= 4 is 23.4 Å². The Balaban J connectivity index is 2.07. The molecule has 2 aromatic carbocycles. The van der Waals surface area contributed by atoms with Crippen LogP contribution in [-0.2, 0) is 4.79 Å². The van der Waals surface area contributed by atoms with Crippen molar-refractivity contribution < 1.29 is 14.3 Å². The summed E-state index contributed by atoms with van der Waals surface area (Å²) in [5.41, 5.74) is 6.10. The predicted octanol–water partition coefficient (Wildman–Crippen LogP) is 3.69. The summed E-state index contributed by atoms with van der Waals surface area (Å²) < 4.78 is 5.15. The molecule has 25 heavy (non-hydrogen) atoms. The summed E-state index contributed by atoms with van der Waals surface area (Å²) in [6, 6.07) is 14.2. The fraction of sp³-hybridized carbons (Fsp3) is 0.263. The standard InChI is InChI=1S/C19H21ClN2O3/c1-3-7-15(13-8-5-4-6-9-13)18(23)21-22-19(24)16-12-14(20)10-11-17(16)25-2/h4-6,8-12,15H,3,7H2,1-2H3,(H,21,23)(H,22,24). The molecule has 5 nitrogen and oxygen atoms in total. The molecule has 0 saturated heterocycles. The van der Waals surface area contributed by atoms with E-state index in [0.717, 1.165) is 12.0 Å². The lowest BCUT2D eigenvalue weighted by atomic mass is 9.94. The van der Waals surface area contributed by atoms with Gasteiger partial charge in [-0.25, -0.2) is 0 Å². The van der Waals surface area contributed by atoms with E-state index >= 15 is 0 Å². The largest absolute Gasteiger partial charge is 0.496 e. The maximum atomic E-state index is 12.5. The molecular weight excluding hydrogens is 340 g/mol. The van der Waals surface area contributed by atoms with Crippen LogP contribution in [0.5, 0.6) is 5.75 Å². The molecule has 0 radical (unpaired) electrons. The number of methoxy groups -OCH3 is 1. The zero-order valence-corrected chi connectivity index (χ0v) is 15.0. The van der Waals surface area contributed by atoms with E-state index in [-0.39, 0.29) is 17.4 Å². The normalized spacial score (nSPS) is 11.5. The molecule has 0 aliphatic carbocycles. The van der Waals surface area contributed by atoms with Gasteiger partial charge >= 0.3 is 0 Å². The monoisotopic (exact) mass is 360 g/mol. The summed E-state index contributed by atoms with van der Waals surface area (Å²) in [5.74, 6) is -0.699. The van der Waals surface area contributed by atoms with E-state index in [0.29, 0.717) is 17.2 Å². The third-order valence-electron chi connectivity index (χ3n) is 3.80. The van der Waals surface area contributed by atoms with Gasteiger partial charge in [-0.2, -0.15) is 0 Å². The molecule has 2 rings (SSSR count). The lowest BCUT2D eigenvalue weighted by Crippen LogP contribution is -2.44. The molecule has 2 amide bonds. The van der Waals surface area contributed by atoms with Crippen molar-refractivity contribution in [3.05, 3.63) is 64.7 Å². The molecular formula is C19H21ClN2O3. The van der Waals surface area contributed by atoms with E-state index in [1.54, 1.807) is 12.1 Å². The van der Waals surface area contributed by atoms with E-state index < -0.39 is 5.91 Å². The molecule has 0 aliphatic heterocycles. The van der Waals surface area contributed by atoms with Crippen LogP contribution in [0.2, 0.25) is 5.02 Å². The summed E-state index contributed by atoms with van der Waals surface area (Å²) in [6.07, 6.45) is 1.54. The smallest absolute Gasteiger partial charge is 0.273 e. The van der Waals surface area contributed by atoms with Crippen LogP contribution in [0, 0.1) is 0 Å². The Morgan fingerprint density at radius 3 is 2.48 bits per heavy atom. The minimum absolute atomic E-state index is 0.252. The van der Waals surface area contributed by atoms with Gasteiger partial charge in [-0.05, 0) is 30.2 Å². The van der Waals surface area contributed by atoms with Gasteiger partial charge in [0.15, 0.2) is 0 Å². The first-order chi connectivity index (χ1) is 12.1. The van der Waals surface area contributed by atoms with Crippen LogP contribution in [0.1, 0.15) is 41.6 Å². The number of carbonyl (C=O) groups excluding carboxylic acids is 2. The highest BCUT2D eigenvalue weighted by Crippen LogP contribution is 2.23. The maximum Gasteiger partial charge on any atom is 0.273 e. The number of carbonyl (C=O) groups is 2. The van der Waals surface area contributed by atoms with Gasteiger partial charge < -0.3 is 4.74 Å². The summed E-state index contributed by atoms with van der Waals surface area (Å²) in [6.45, 7) is 2.01. The molecule has 1 unspecified atom stereocenters. The summed E-state index contributed by atoms with van der Waals surface area (Å²) >= 11 is 5.93. The van der Waals surface area contributed by atoms with E-state index in [9.17, 15) is 9.59 Å². The van der Waals surface area contributed by atoms with Gasteiger partial charge in [0.05, 0.1) is 18.6 Å². The SMILES string of the molecule is CCCC(C(=O)NNC(=O)c1cc(Cl)ccc1OC)c1ccccc1. The first kappa shape index (κ1) is 18.8. The maximum absolute atomic E-state index is 12.5. The molecule has 0 aliphatic rings. The lowest BCUT2D eigenvalue weighted by Gasteiger charge is -2.17. The molecule has 0 saturated carbocycles. The van der Waals surface area contributed by atoms with Crippen molar-refractivity contribution in [1.29, 1.82) is 0 Å². The number of amides is 2. The van der Waals surface area contributed by atoms with Gasteiger partial charge in [-0.15, -0.1) is 0 Å². The van der Waals surface area contributed by atoms with Crippen molar-refractivity contribution in [2.24, 2.45) is 0 Å². The molecule has 6 heteroatoms. The van der Waals surface area contributed by atoms with Crippen LogP contribution < -0.4 is 15.6 Å². The van der Waals surface area contributed by atoms with Gasteiger partial charge in [-0.1, -0.05) is 55.3 Å². The van der Waals surface area contributed by atoms with Gasteiger partial charge in [0.25, 0.3) is 5.91 Å². The highest BCUT2D eigenvalue weighted by Gasteiger charge is 2.21. The second kappa shape index (κ2) is 9.08. The predicted molar refractivity (Wildman–Crippen MR) is 97.7 cm³/mol. The number of hydrogen-bond donors (Lipinski definition) is 2. The molecule has 0 bridgehead atoms. The fourth-order valence-corrected chi connectivity index (χ4v) is 2.73. The minimum atomic E-state index is -0.490. The molecule has 0 aromatic heterocycles. The second-order valence-corrected chi connectivity index (χ2v) is 5.98. The molecule has 0 heterocycles. The topological polar surface area (TPSA) is 67.4 Å². The van der Waals surface area contributed by atoms with Crippen molar-refractivity contribution in [3.8, 4) is 5.75 Å². The molecule has 2 aromatic rings. The number of hydrogen-bond acceptors (Lipinski definition) is 3. The van der Waals surface area contributed by atoms with Gasteiger partial charge in [0.2, 0.25) is 5.91 Å². The Kier molecular flexibility index (Phi) is 6.83. The number of hydrazine groups is 1. The fourth-order valence-electron chi connectivity index (χ4n) is 2.55. The Morgan fingerprint density at radius 1 is 1.12 bits per heavy atom. The number of halogens is 1. The van der Waals surface area contributed by atoms with E-state index in [2.05, 4.69) is 10.9 Å². The molecule has 132 valence electrons. The number of nitrogens with one attached hydrogen (secondary N) is 2. The van der Waals surface area contributed by atoms with Crippen molar-refractivity contribution in [2.45, 2.75) is 25.7 Å². The third kappa shape index (κ3) is 4.97. The molecule has 0 fully saturated rings. The average molecular weight is 361 g/mol. The Labute approximate surface area is 152 Å². The second-order valence-electron chi connectivity index (χ2n) is 5.54. The van der Waals surface area contributed by atoms with Crippen LogP contribution in [0.3, 0.4) is 0 Å². The van der Waals surface area contributed by atoms with Crippen LogP contribution in [0.25, 0.3) is 0 Å². The van der Waals surface area contributed by atoms with Crippen molar-refractivity contribution in [1.82, 2.24) is 10.9 Å². The first-order valence-corrected chi connectivity index (χ1v) is 8.43. The zero-order valence-electron chi connectivity index (χ0n) is 14.2. The van der Waals surface area contributed by atoms with Gasteiger partial charge in [0.1, 0.15) is 5.75 Å². The number of ether oxygens (including phenoxy) is 1. The van der Waals surface area contributed by atoms with Crippen LogP contribution in [-0.4, -0.2) is 18.9 Å². The minimum Gasteiger partial charge on any atom is -0.496 e. The summed E-state index contributed by atoms with van der Waals surface area (Å²) in [7, 11) is 1.46. The average Bonchev–Trinajstić information content (AvgIpc) is 2.64. The Bertz CT molecular complexity index is 735. The zero-order chi connectivity index (χ0) is 18.2.